The lowest BCUT2D eigenvalue weighted by atomic mass is 9.43. The number of esters is 1. The lowest BCUT2D eigenvalue weighted by Crippen LogP contribution is -2.69. The minimum Gasteiger partial charge on any atom is -0.458 e. The topological polar surface area (TPSA) is 80.7 Å². The van der Waals surface area contributed by atoms with E-state index in [0.29, 0.717) is 12.8 Å². The van der Waals surface area contributed by atoms with Crippen LogP contribution in [0.2, 0.25) is 0 Å². The van der Waals surface area contributed by atoms with E-state index in [9.17, 15) is 19.5 Å². The molecule has 0 radical (unpaired) electrons. The number of carbonyl (C=O) groups is 3. The zero-order valence-corrected chi connectivity index (χ0v) is 18.4. The number of ketones is 2. The second-order valence-electron chi connectivity index (χ2n) is 10.4. The zero-order valence-electron chi connectivity index (χ0n) is 18.4. The number of fused-ring (bicyclic) bond motifs is 5. The van der Waals surface area contributed by atoms with Gasteiger partial charge in [0.05, 0.1) is 6.10 Å². The van der Waals surface area contributed by atoms with Gasteiger partial charge in [-0.15, -0.1) is 0 Å². The van der Waals surface area contributed by atoms with Crippen molar-refractivity contribution >= 4 is 17.5 Å². The van der Waals surface area contributed by atoms with Gasteiger partial charge in [0.2, 0.25) is 0 Å². The molecular weight excluding hydrogens is 406 g/mol. The highest BCUT2D eigenvalue weighted by atomic mass is 19.1. The van der Waals surface area contributed by atoms with E-state index < -0.39 is 46.1 Å². The molecule has 7 heteroatoms. The van der Waals surface area contributed by atoms with E-state index in [1.54, 1.807) is 13.8 Å². The summed E-state index contributed by atoms with van der Waals surface area (Å²) in [6.07, 6.45) is 1.78. The maximum atomic E-state index is 17.0. The third-order valence-corrected chi connectivity index (χ3v) is 9.26. The maximum absolute atomic E-state index is 17.0. The highest BCUT2D eigenvalue weighted by Crippen LogP contribution is 2.71. The molecule has 0 bridgehead atoms. The Balaban J connectivity index is 1.75. The van der Waals surface area contributed by atoms with Crippen LogP contribution in [0.15, 0.2) is 23.8 Å². The smallest absolute Gasteiger partial charge is 0.303 e. The number of ether oxygens (including phenoxy) is 1. The van der Waals surface area contributed by atoms with Crippen molar-refractivity contribution in [3.63, 3.8) is 0 Å². The zero-order chi connectivity index (χ0) is 23.0. The monoisotopic (exact) mass is 436 g/mol. The molecule has 1 N–H and O–H groups in total. The van der Waals surface area contributed by atoms with Crippen LogP contribution in [0, 0.1) is 28.1 Å². The summed E-state index contributed by atoms with van der Waals surface area (Å²) in [6, 6.07) is 0. The van der Waals surface area contributed by atoms with Crippen LogP contribution in [0.4, 0.5) is 8.78 Å². The molecule has 8 atom stereocenters. The van der Waals surface area contributed by atoms with Gasteiger partial charge < -0.3 is 9.84 Å². The average molecular weight is 436 g/mol. The molecule has 3 fully saturated rings. The second kappa shape index (κ2) is 6.80. The molecule has 5 nitrogen and oxygen atoms in total. The average Bonchev–Trinajstić information content (AvgIpc) is 2.96. The quantitative estimate of drug-likeness (QED) is 0.686. The molecule has 4 aliphatic carbocycles. The molecular formula is C24H30F2O5. The number of hydrogen-bond acceptors (Lipinski definition) is 5. The van der Waals surface area contributed by atoms with Crippen LogP contribution in [0.3, 0.4) is 0 Å². The van der Waals surface area contributed by atoms with Gasteiger partial charge in [0.15, 0.2) is 23.8 Å². The summed E-state index contributed by atoms with van der Waals surface area (Å²) < 4.78 is 37.2. The summed E-state index contributed by atoms with van der Waals surface area (Å²) in [4.78, 5) is 36.2. The predicted octanol–water partition coefficient (Wildman–Crippen LogP) is 3.44. The first-order valence-electron chi connectivity index (χ1n) is 10.9. The summed E-state index contributed by atoms with van der Waals surface area (Å²) in [5, 5.41) is 11.2. The van der Waals surface area contributed by atoms with Crippen LogP contribution >= 0.6 is 0 Å². The molecule has 0 heterocycles. The lowest BCUT2D eigenvalue weighted by molar-refractivity contribution is -0.210. The summed E-state index contributed by atoms with van der Waals surface area (Å²) in [5.74, 6) is -2.32. The highest BCUT2D eigenvalue weighted by molar-refractivity contribution is 6.01. The first kappa shape index (κ1) is 22.3. The SMILES string of the molecule is CC(=O)OCC(=O)[C@@]1(C)CCC2[C@@H]3CC(F)C4=CC(=O)C=C[C@]4(C)C3(F)[C@@H](O)C[C@@]21C. The Morgan fingerprint density at radius 3 is 2.58 bits per heavy atom. The Labute approximate surface area is 180 Å². The van der Waals surface area contributed by atoms with Gasteiger partial charge in [-0.25, -0.2) is 8.78 Å². The van der Waals surface area contributed by atoms with E-state index in [4.69, 9.17) is 4.74 Å². The molecule has 0 amide bonds. The fourth-order valence-electron chi connectivity index (χ4n) is 7.23. The van der Waals surface area contributed by atoms with E-state index in [1.165, 1.54) is 25.2 Å². The Kier molecular flexibility index (Phi) is 4.90. The molecule has 170 valence electrons. The van der Waals surface area contributed by atoms with E-state index in [0.717, 1.165) is 0 Å². The minimum absolute atomic E-state index is 0.0363. The fraction of sp³-hybridized carbons (Fsp3) is 0.708. The second-order valence-corrected chi connectivity index (χ2v) is 10.4. The third kappa shape index (κ3) is 2.71. The van der Waals surface area contributed by atoms with Crippen molar-refractivity contribution in [2.75, 3.05) is 6.61 Å². The van der Waals surface area contributed by atoms with Crippen LogP contribution in [0.5, 0.6) is 0 Å². The van der Waals surface area contributed by atoms with Crippen LogP contribution in [0.1, 0.15) is 53.4 Å². The third-order valence-electron chi connectivity index (χ3n) is 9.26. The van der Waals surface area contributed by atoms with Crippen LogP contribution in [-0.2, 0) is 19.1 Å². The van der Waals surface area contributed by atoms with E-state index >= 15 is 8.78 Å². The van der Waals surface area contributed by atoms with Crippen molar-refractivity contribution in [1.29, 1.82) is 0 Å². The highest BCUT2D eigenvalue weighted by Gasteiger charge is 2.74. The van der Waals surface area contributed by atoms with E-state index in [2.05, 4.69) is 0 Å². The number of aliphatic hydroxyl groups is 1. The molecule has 0 spiro atoms. The minimum atomic E-state index is -2.15. The van der Waals surface area contributed by atoms with Crippen LogP contribution < -0.4 is 0 Å². The van der Waals surface area contributed by atoms with Gasteiger partial charge in [-0.3, -0.25) is 14.4 Å². The van der Waals surface area contributed by atoms with Gasteiger partial charge in [-0.05, 0) is 61.7 Å². The first-order valence-corrected chi connectivity index (χ1v) is 10.9. The molecule has 0 aromatic carbocycles. The van der Waals surface area contributed by atoms with E-state index in [-0.39, 0.29) is 42.5 Å². The Morgan fingerprint density at radius 1 is 1.26 bits per heavy atom. The van der Waals surface area contributed by atoms with Crippen molar-refractivity contribution in [1.82, 2.24) is 0 Å². The van der Waals surface area contributed by atoms with E-state index in [1.807, 2.05) is 6.92 Å². The van der Waals surface area contributed by atoms with Crippen molar-refractivity contribution in [2.24, 2.45) is 28.1 Å². The van der Waals surface area contributed by atoms with Crippen LogP contribution in [-0.4, -0.2) is 47.2 Å². The molecule has 3 unspecified atom stereocenters. The normalized spacial score (nSPS) is 48.4. The number of hydrogen-bond donors (Lipinski definition) is 1. The lowest BCUT2D eigenvalue weighted by Gasteiger charge is -2.63. The van der Waals surface area contributed by atoms with Crippen molar-refractivity contribution in [3.8, 4) is 0 Å². The molecule has 3 saturated carbocycles. The number of Topliss-reactive ketones (excluding diaryl/α,β-unsaturated/α-hetero) is 1. The van der Waals surface area contributed by atoms with Crippen molar-refractivity contribution < 1.29 is 33.0 Å². The fourth-order valence-corrected chi connectivity index (χ4v) is 7.23. The van der Waals surface area contributed by atoms with Gasteiger partial charge in [-0.2, -0.15) is 0 Å². The molecule has 4 rings (SSSR count). The molecule has 0 aliphatic heterocycles. The molecule has 0 aromatic heterocycles. The summed E-state index contributed by atoms with van der Waals surface area (Å²) in [7, 11) is 0. The van der Waals surface area contributed by atoms with Gasteiger partial charge in [0, 0.05) is 23.7 Å². The van der Waals surface area contributed by atoms with Crippen molar-refractivity contribution in [2.45, 2.75) is 71.3 Å². The van der Waals surface area contributed by atoms with Gasteiger partial charge in [0.1, 0.15) is 6.17 Å². The van der Waals surface area contributed by atoms with Gasteiger partial charge in [-0.1, -0.05) is 19.9 Å². The van der Waals surface area contributed by atoms with Crippen molar-refractivity contribution in [3.05, 3.63) is 23.8 Å². The first-order chi connectivity index (χ1) is 14.3. The number of alkyl halides is 2. The number of rotatable bonds is 3. The molecule has 0 aromatic rings. The number of aliphatic hydroxyl groups excluding tert-OH is 1. The molecule has 4 aliphatic rings. The largest absolute Gasteiger partial charge is 0.458 e. The standard InChI is InChI=1S/C24H30F2O5/c1-13(27)31-12-20(30)22(3)8-6-15-16-10-18(25)17-9-14(28)5-7-21(17,2)24(16,26)19(29)11-23(15,22)4/h5,7,9,15-16,18-19,29H,6,8,10-12H2,1-4H3/t15?,16-,18?,19-,21-,22+,23-,24?/m0/s1. The Hall–Kier alpha value is -1.89. The van der Waals surface area contributed by atoms with Crippen LogP contribution in [0.25, 0.3) is 0 Å². The maximum Gasteiger partial charge on any atom is 0.303 e. The van der Waals surface area contributed by atoms with Gasteiger partial charge in [0.25, 0.3) is 0 Å². The molecule has 31 heavy (non-hydrogen) atoms. The number of halogens is 2. The predicted molar refractivity (Wildman–Crippen MR) is 108 cm³/mol. The molecule has 0 saturated heterocycles. The summed E-state index contributed by atoms with van der Waals surface area (Å²) in [6.45, 7) is 6.09. The number of allylic oxidation sites excluding steroid dienone is 4. The Bertz CT molecular complexity index is 912. The summed E-state index contributed by atoms with van der Waals surface area (Å²) >= 11 is 0. The number of carbonyl (C=O) groups excluding carboxylic acids is 3. The summed E-state index contributed by atoms with van der Waals surface area (Å²) in [5.41, 5.74) is -5.17. The Morgan fingerprint density at radius 2 is 1.94 bits per heavy atom. The van der Waals surface area contributed by atoms with Gasteiger partial charge >= 0.3 is 5.97 Å².